The molecule has 0 radical (unpaired) electrons. The summed E-state index contributed by atoms with van der Waals surface area (Å²) in [6, 6.07) is 3.49. The van der Waals surface area contributed by atoms with E-state index in [2.05, 4.69) is 25.9 Å². The highest BCUT2D eigenvalue weighted by atomic mass is 28.4. The van der Waals surface area contributed by atoms with Gasteiger partial charge in [0.2, 0.25) is 0 Å². The van der Waals surface area contributed by atoms with Crippen LogP contribution in [0.25, 0.3) is 0 Å². The number of rotatable bonds is 5. The lowest BCUT2D eigenvalue weighted by Gasteiger charge is -2.23. The van der Waals surface area contributed by atoms with Crippen LogP contribution in [0.15, 0.2) is 5.16 Å². The first-order chi connectivity index (χ1) is 5.24. The lowest BCUT2D eigenvalue weighted by molar-refractivity contribution is 0.323. The highest BCUT2D eigenvalue weighted by molar-refractivity contribution is 6.73. The largest absolute Gasteiger partial charge is 0.455 e. The number of oxime groups is 1. The van der Waals surface area contributed by atoms with E-state index in [1.807, 2.05) is 6.92 Å². The third-order valence-electron chi connectivity index (χ3n) is 2.28. The predicted molar refractivity (Wildman–Crippen MR) is 52.4 cm³/mol. The number of nitrogens with zero attached hydrogens (tertiary/aromatic N) is 1. The molecule has 0 aromatic rings. The first kappa shape index (κ1) is 10.7. The van der Waals surface area contributed by atoms with E-state index in [1.54, 1.807) is 6.21 Å². The van der Waals surface area contributed by atoms with E-state index >= 15 is 0 Å². The molecule has 2 nitrogen and oxygen atoms in total. The molecular weight excluding hydrogens is 154 g/mol. The Balaban J connectivity index is 4.04. The van der Waals surface area contributed by atoms with Gasteiger partial charge in [-0.3, -0.25) is 0 Å². The Kier molecular flexibility index (Phi) is 5.20. The molecule has 0 saturated carbocycles. The highest BCUT2D eigenvalue weighted by Crippen LogP contribution is 2.21. The Morgan fingerprint density at radius 1 is 1.18 bits per heavy atom. The van der Waals surface area contributed by atoms with Crippen molar-refractivity contribution in [3.8, 4) is 0 Å². The maximum absolute atomic E-state index is 5.53. The van der Waals surface area contributed by atoms with Gasteiger partial charge in [-0.25, -0.2) is 0 Å². The molecule has 0 unspecified atom stereocenters. The van der Waals surface area contributed by atoms with Crippen LogP contribution in [-0.4, -0.2) is 14.5 Å². The molecule has 0 aliphatic carbocycles. The molecule has 0 N–H and O–H groups in total. The van der Waals surface area contributed by atoms with Gasteiger partial charge < -0.3 is 4.53 Å². The molecule has 0 fully saturated rings. The van der Waals surface area contributed by atoms with Crippen LogP contribution >= 0.6 is 0 Å². The number of hydrogen-bond donors (Lipinski definition) is 0. The van der Waals surface area contributed by atoms with E-state index in [1.165, 1.54) is 0 Å². The van der Waals surface area contributed by atoms with Gasteiger partial charge in [-0.15, -0.1) is 5.16 Å². The first-order valence-corrected chi connectivity index (χ1v) is 6.93. The van der Waals surface area contributed by atoms with Crippen LogP contribution in [0, 0.1) is 0 Å². The maximum atomic E-state index is 5.53. The molecular formula is C8H19NOSi. The molecule has 0 heterocycles. The Morgan fingerprint density at radius 3 is 1.91 bits per heavy atom. The van der Waals surface area contributed by atoms with Crippen molar-refractivity contribution in [2.45, 2.75) is 45.8 Å². The lowest BCUT2D eigenvalue weighted by Crippen LogP contribution is -2.33. The molecule has 0 bridgehead atoms. The predicted octanol–water partition coefficient (Wildman–Crippen LogP) is 3.01. The van der Waals surface area contributed by atoms with Crippen LogP contribution in [0.2, 0.25) is 18.1 Å². The quantitative estimate of drug-likeness (QED) is 0.356. The second-order valence-corrected chi connectivity index (χ2v) is 7.37. The molecule has 0 aliphatic rings. The molecule has 0 aromatic carbocycles. The van der Waals surface area contributed by atoms with Crippen molar-refractivity contribution >= 4 is 14.5 Å². The lowest BCUT2D eigenvalue weighted by atomic mass is 10.9. The van der Waals surface area contributed by atoms with Gasteiger partial charge in [0.1, 0.15) is 0 Å². The summed E-state index contributed by atoms with van der Waals surface area (Å²) in [5.41, 5.74) is 0. The van der Waals surface area contributed by atoms with Crippen LogP contribution in [-0.2, 0) is 4.53 Å². The zero-order valence-electron chi connectivity index (χ0n) is 8.05. The summed E-state index contributed by atoms with van der Waals surface area (Å²) >= 11 is 0. The van der Waals surface area contributed by atoms with Gasteiger partial charge in [0.25, 0.3) is 8.32 Å². The Labute approximate surface area is 70.8 Å². The van der Waals surface area contributed by atoms with Gasteiger partial charge in [0.15, 0.2) is 0 Å². The average molecular weight is 173 g/mol. The van der Waals surface area contributed by atoms with Crippen molar-refractivity contribution in [2.75, 3.05) is 0 Å². The second-order valence-electron chi connectivity index (χ2n) is 2.70. The van der Waals surface area contributed by atoms with Crippen LogP contribution in [0.1, 0.15) is 27.7 Å². The van der Waals surface area contributed by atoms with Gasteiger partial charge in [-0.05, 0) is 25.1 Å². The Morgan fingerprint density at radius 2 is 1.64 bits per heavy atom. The smallest absolute Gasteiger partial charge is 0.286 e. The summed E-state index contributed by atoms with van der Waals surface area (Å²) in [5, 5.41) is 3.89. The minimum absolute atomic E-state index is 1.16. The van der Waals surface area contributed by atoms with E-state index in [9.17, 15) is 0 Å². The second kappa shape index (κ2) is 5.35. The summed E-state index contributed by atoms with van der Waals surface area (Å²) < 4.78 is 5.53. The van der Waals surface area contributed by atoms with Crippen LogP contribution in [0.3, 0.4) is 0 Å². The van der Waals surface area contributed by atoms with E-state index < -0.39 is 8.32 Å². The molecule has 0 amide bonds. The molecule has 0 aliphatic heterocycles. The monoisotopic (exact) mass is 173 g/mol. The topological polar surface area (TPSA) is 21.6 Å². The Bertz CT molecular complexity index is 113. The van der Waals surface area contributed by atoms with Crippen molar-refractivity contribution in [1.29, 1.82) is 0 Å². The van der Waals surface area contributed by atoms with Gasteiger partial charge in [-0.1, -0.05) is 20.8 Å². The maximum Gasteiger partial charge on any atom is 0.286 e. The van der Waals surface area contributed by atoms with E-state index in [4.69, 9.17) is 4.53 Å². The van der Waals surface area contributed by atoms with Crippen LogP contribution in [0.4, 0.5) is 0 Å². The summed E-state index contributed by atoms with van der Waals surface area (Å²) in [6.45, 7) is 8.49. The minimum atomic E-state index is -1.44. The van der Waals surface area contributed by atoms with E-state index in [-0.39, 0.29) is 0 Å². The zero-order valence-corrected chi connectivity index (χ0v) is 9.05. The third-order valence-corrected chi connectivity index (χ3v) is 6.64. The molecule has 0 atom stereocenters. The molecule has 11 heavy (non-hydrogen) atoms. The summed E-state index contributed by atoms with van der Waals surface area (Å²) in [5.74, 6) is 0. The SMILES string of the molecule is C/C=N\O[Si](CC)(CC)CC. The van der Waals surface area contributed by atoms with Crippen molar-refractivity contribution in [2.24, 2.45) is 5.16 Å². The summed E-state index contributed by atoms with van der Waals surface area (Å²) in [7, 11) is -1.44. The molecule has 0 rings (SSSR count). The van der Waals surface area contributed by atoms with Gasteiger partial charge in [0.05, 0.1) is 0 Å². The fourth-order valence-corrected chi connectivity index (χ4v) is 3.32. The fraction of sp³-hybridized carbons (Fsp3) is 0.875. The van der Waals surface area contributed by atoms with Gasteiger partial charge in [-0.2, -0.15) is 0 Å². The standard InChI is InChI=1S/C8H19NOSi/c1-5-9-10-11(6-2,7-3)8-4/h5H,6-8H2,1-4H3/b9-5-. The third kappa shape index (κ3) is 3.06. The Hall–Kier alpha value is -0.313. The molecule has 0 spiro atoms. The summed E-state index contributed by atoms with van der Waals surface area (Å²) in [4.78, 5) is 0. The van der Waals surface area contributed by atoms with Crippen LogP contribution < -0.4 is 0 Å². The van der Waals surface area contributed by atoms with Crippen LogP contribution in [0.5, 0.6) is 0 Å². The fourth-order valence-electron chi connectivity index (χ4n) is 1.11. The highest BCUT2D eigenvalue weighted by Gasteiger charge is 2.30. The van der Waals surface area contributed by atoms with Crippen molar-refractivity contribution in [1.82, 2.24) is 0 Å². The van der Waals surface area contributed by atoms with Crippen molar-refractivity contribution in [3.05, 3.63) is 0 Å². The van der Waals surface area contributed by atoms with Crippen molar-refractivity contribution in [3.63, 3.8) is 0 Å². The van der Waals surface area contributed by atoms with E-state index in [0.29, 0.717) is 0 Å². The minimum Gasteiger partial charge on any atom is -0.455 e. The number of hydrogen-bond acceptors (Lipinski definition) is 2. The first-order valence-electron chi connectivity index (χ1n) is 4.40. The van der Waals surface area contributed by atoms with Gasteiger partial charge >= 0.3 is 0 Å². The van der Waals surface area contributed by atoms with E-state index in [0.717, 1.165) is 18.1 Å². The normalized spacial score (nSPS) is 12.4. The van der Waals surface area contributed by atoms with Crippen molar-refractivity contribution < 1.29 is 4.53 Å². The van der Waals surface area contributed by atoms with Gasteiger partial charge in [0, 0.05) is 6.21 Å². The molecule has 66 valence electrons. The average Bonchev–Trinajstić information content (AvgIpc) is 2.08. The molecule has 3 heteroatoms. The molecule has 0 saturated heterocycles. The molecule has 0 aromatic heterocycles. The zero-order chi connectivity index (χ0) is 8.74. The summed E-state index contributed by atoms with van der Waals surface area (Å²) in [6.07, 6.45) is 1.72.